The fourth-order valence-electron chi connectivity index (χ4n) is 2.86. The summed E-state index contributed by atoms with van der Waals surface area (Å²) >= 11 is 0. The first kappa shape index (κ1) is 15.1. The molecule has 0 radical (unpaired) electrons. The zero-order chi connectivity index (χ0) is 17.2. The molecule has 0 N–H and O–H groups in total. The first-order chi connectivity index (χ1) is 12.3. The van der Waals surface area contributed by atoms with Crippen LogP contribution in [0, 0.1) is 0 Å². The van der Waals surface area contributed by atoms with E-state index in [-0.39, 0.29) is 0 Å². The molecule has 4 aromatic rings. The Labute approximate surface area is 144 Å². The van der Waals surface area contributed by atoms with Crippen molar-refractivity contribution in [3.8, 4) is 11.5 Å². The van der Waals surface area contributed by atoms with E-state index < -0.39 is 5.97 Å². The van der Waals surface area contributed by atoms with E-state index >= 15 is 0 Å². The highest BCUT2D eigenvalue weighted by molar-refractivity contribution is 6.00. The number of carbonyl (C=O) groups excluding carboxylic acids is 1. The molecule has 4 nitrogen and oxygen atoms in total. The molecule has 0 atom stereocenters. The molecule has 0 unspecified atom stereocenters. The van der Waals surface area contributed by atoms with Gasteiger partial charge in [0.25, 0.3) is 0 Å². The lowest BCUT2D eigenvalue weighted by Crippen LogP contribution is -2.10. The Morgan fingerprint density at radius 2 is 1.56 bits per heavy atom. The van der Waals surface area contributed by atoms with Crippen LogP contribution in [0.15, 0.2) is 72.9 Å². The molecule has 0 aliphatic carbocycles. The summed E-state index contributed by atoms with van der Waals surface area (Å²) < 4.78 is 11.0. The zero-order valence-corrected chi connectivity index (χ0v) is 13.6. The number of benzene rings is 3. The van der Waals surface area contributed by atoms with Gasteiger partial charge in [-0.25, -0.2) is 4.79 Å². The van der Waals surface area contributed by atoms with Crippen molar-refractivity contribution < 1.29 is 14.3 Å². The monoisotopic (exact) mass is 329 g/mol. The van der Waals surface area contributed by atoms with Gasteiger partial charge < -0.3 is 9.47 Å². The Balaban J connectivity index is 1.77. The van der Waals surface area contributed by atoms with Gasteiger partial charge in [-0.15, -0.1) is 0 Å². The lowest BCUT2D eigenvalue weighted by atomic mass is 10.1. The number of pyridine rings is 1. The lowest BCUT2D eigenvalue weighted by molar-refractivity contribution is 0.0733. The molecule has 0 amide bonds. The van der Waals surface area contributed by atoms with E-state index in [9.17, 15) is 4.79 Å². The summed E-state index contributed by atoms with van der Waals surface area (Å²) in [5.74, 6) is 0.441. The normalized spacial score (nSPS) is 10.8. The molecule has 4 rings (SSSR count). The van der Waals surface area contributed by atoms with E-state index in [1.54, 1.807) is 25.4 Å². The molecule has 0 fully saturated rings. The third kappa shape index (κ3) is 2.78. The van der Waals surface area contributed by atoms with Gasteiger partial charge in [-0.3, -0.25) is 4.98 Å². The minimum absolute atomic E-state index is 0.383. The second-order valence-electron chi connectivity index (χ2n) is 5.62. The van der Waals surface area contributed by atoms with Crippen molar-refractivity contribution >= 4 is 27.6 Å². The molecule has 0 saturated carbocycles. The SMILES string of the molecule is COc1cc2ccccc2cc1C(=O)Oc1cccc2cccnc12. The van der Waals surface area contributed by atoms with Crippen LogP contribution in [0.3, 0.4) is 0 Å². The molecular formula is C21H15NO3. The second kappa shape index (κ2) is 6.24. The van der Waals surface area contributed by atoms with Crippen molar-refractivity contribution in [3.63, 3.8) is 0 Å². The summed E-state index contributed by atoms with van der Waals surface area (Å²) in [4.78, 5) is 17.1. The third-order valence-corrected chi connectivity index (χ3v) is 4.09. The number of rotatable bonds is 3. The predicted octanol–water partition coefficient (Wildman–Crippen LogP) is 4.62. The number of ether oxygens (including phenoxy) is 2. The summed E-state index contributed by atoms with van der Waals surface area (Å²) in [6.07, 6.45) is 1.68. The van der Waals surface area contributed by atoms with Gasteiger partial charge in [0.1, 0.15) is 16.8 Å². The van der Waals surface area contributed by atoms with Gasteiger partial charge in [-0.1, -0.05) is 42.5 Å². The molecule has 1 aromatic heterocycles. The first-order valence-corrected chi connectivity index (χ1v) is 7.89. The number of hydrogen-bond donors (Lipinski definition) is 0. The van der Waals surface area contributed by atoms with Gasteiger partial charge in [-0.05, 0) is 35.0 Å². The Bertz CT molecular complexity index is 1080. The number of methoxy groups -OCH3 is 1. The smallest absolute Gasteiger partial charge is 0.347 e. The molecule has 4 heteroatoms. The van der Waals surface area contributed by atoms with Gasteiger partial charge in [0.15, 0.2) is 5.75 Å². The highest BCUT2D eigenvalue weighted by Crippen LogP contribution is 2.29. The van der Waals surface area contributed by atoms with Crippen LogP contribution in [-0.2, 0) is 0 Å². The number of hydrogen-bond acceptors (Lipinski definition) is 4. The Morgan fingerprint density at radius 3 is 2.36 bits per heavy atom. The molecule has 122 valence electrons. The molecule has 0 aliphatic heterocycles. The number of carbonyl (C=O) groups is 1. The molecule has 0 saturated heterocycles. The average molecular weight is 329 g/mol. The van der Waals surface area contributed by atoms with Gasteiger partial charge in [0, 0.05) is 11.6 Å². The summed E-state index contributed by atoms with van der Waals surface area (Å²) in [6.45, 7) is 0. The molecule has 0 aliphatic rings. The van der Waals surface area contributed by atoms with E-state index in [1.165, 1.54) is 0 Å². The predicted molar refractivity (Wildman–Crippen MR) is 97.2 cm³/mol. The van der Waals surface area contributed by atoms with Crippen molar-refractivity contribution in [3.05, 3.63) is 78.5 Å². The van der Waals surface area contributed by atoms with Crippen LogP contribution < -0.4 is 9.47 Å². The first-order valence-electron chi connectivity index (χ1n) is 7.89. The summed E-state index contributed by atoms with van der Waals surface area (Å²) in [5, 5.41) is 2.87. The minimum Gasteiger partial charge on any atom is -0.496 e. The van der Waals surface area contributed by atoms with Gasteiger partial charge >= 0.3 is 5.97 Å². The summed E-state index contributed by atoms with van der Waals surface area (Å²) in [7, 11) is 1.54. The van der Waals surface area contributed by atoms with Crippen LogP contribution in [0.1, 0.15) is 10.4 Å². The fraction of sp³-hybridized carbons (Fsp3) is 0.0476. The van der Waals surface area contributed by atoms with E-state index in [1.807, 2.05) is 54.6 Å². The standard InChI is InChI=1S/C21H15NO3/c1-24-19-13-16-7-3-2-6-15(16)12-17(19)21(23)25-18-10-4-8-14-9-5-11-22-20(14)18/h2-13H,1H3. The molecule has 25 heavy (non-hydrogen) atoms. The van der Waals surface area contributed by atoms with E-state index in [4.69, 9.17) is 9.47 Å². The lowest BCUT2D eigenvalue weighted by Gasteiger charge is -2.11. The quantitative estimate of drug-likeness (QED) is 0.406. The average Bonchev–Trinajstić information content (AvgIpc) is 2.67. The number of aromatic nitrogens is 1. The highest BCUT2D eigenvalue weighted by atomic mass is 16.5. The maximum absolute atomic E-state index is 12.8. The number of fused-ring (bicyclic) bond motifs is 2. The molecular weight excluding hydrogens is 314 g/mol. The minimum atomic E-state index is -0.472. The maximum atomic E-state index is 12.8. The summed E-state index contributed by atoms with van der Waals surface area (Å²) in [5.41, 5.74) is 1.03. The largest absolute Gasteiger partial charge is 0.496 e. The molecule has 3 aromatic carbocycles. The van der Waals surface area contributed by atoms with Crippen molar-refractivity contribution in [2.24, 2.45) is 0 Å². The van der Waals surface area contributed by atoms with Crippen LogP contribution >= 0.6 is 0 Å². The number of esters is 1. The topological polar surface area (TPSA) is 48.4 Å². The van der Waals surface area contributed by atoms with Gasteiger partial charge in [0.05, 0.1) is 7.11 Å². The van der Waals surface area contributed by atoms with Crippen LogP contribution in [0.2, 0.25) is 0 Å². The van der Waals surface area contributed by atoms with E-state index in [0.29, 0.717) is 22.6 Å². The second-order valence-corrected chi connectivity index (χ2v) is 5.62. The van der Waals surface area contributed by atoms with E-state index in [2.05, 4.69) is 4.98 Å². The Kier molecular flexibility index (Phi) is 3.78. The van der Waals surface area contributed by atoms with Crippen molar-refractivity contribution in [2.75, 3.05) is 7.11 Å². The van der Waals surface area contributed by atoms with Crippen LogP contribution in [0.4, 0.5) is 0 Å². The fourth-order valence-corrected chi connectivity index (χ4v) is 2.86. The maximum Gasteiger partial charge on any atom is 0.347 e. The Morgan fingerprint density at radius 1 is 0.840 bits per heavy atom. The number of para-hydroxylation sites is 1. The highest BCUT2D eigenvalue weighted by Gasteiger charge is 2.17. The third-order valence-electron chi connectivity index (χ3n) is 4.09. The van der Waals surface area contributed by atoms with Crippen LogP contribution in [0.5, 0.6) is 11.5 Å². The van der Waals surface area contributed by atoms with Crippen molar-refractivity contribution in [1.29, 1.82) is 0 Å². The summed E-state index contributed by atoms with van der Waals surface area (Å²) in [6, 6.07) is 20.7. The molecule has 1 heterocycles. The van der Waals surface area contributed by atoms with Crippen molar-refractivity contribution in [1.82, 2.24) is 4.98 Å². The van der Waals surface area contributed by atoms with Crippen molar-refractivity contribution in [2.45, 2.75) is 0 Å². The van der Waals surface area contributed by atoms with Gasteiger partial charge in [-0.2, -0.15) is 0 Å². The molecule has 0 bridgehead atoms. The zero-order valence-electron chi connectivity index (χ0n) is 13.6. The van der Waals surface area contributed by atoms with Gasteiger partial charge in [0.2, 0.25) is 0 Å². The van der Waals surface area contributed by atoms with E-state index in [0.717, 1.165) is 16.2 Å². The Hall–Kier alpha value is -3.40. The van der Waals surface area contributed by atoms with Crippen LogP contribution in [0.25, 0.3) is 21.7 Å². The molecule has 0 spiro atoms. The van der Waals surface area contributed by atoms with Crippen LogP contribution in [-0.4, -0.2) is 18.1 Å². The number of nitrogens with zero attached hydrogens (tertiary/aromatic N) is 1.